The Bertz CT molecular complexity index is 506. The zero-order valence-electron chi connectivity index (χ0n) is 11.3. The number of halogens is 2. The molecule has 1 aromatic rings. The van der Waals surface area contributed by atoms with E-state index < -0.39 is 5.97 Å². The average molecular weight is 319 g/mol. The highest BCUT2D eigenvalue weighted by atomic mass is 35.5. The average Bonchev–Trinajstić information content (AvgIpc) is 2.36. The standard InChI is InChI=1S/C13H16Cl2N2O3/c1-8(2)17(5-3-4-12(18)19)13(20)9-6-11(15)16-7-10(9)14/h6-8H,3-5H2,1-2H3,(H,18,19). The lowest BCUT2D eigenvalue weighted by atomic mass is 10.2. The number of carboxylic acid groups (broad SMARTS) is 1. The van der Waals surface area contributed by atoms with Crippen molar-refractivity contribution in [1.82, 2.24) is 9.88 Å². The number of carbonyl (C=O) groups is 2. The minimum atomic E-state index is -0.883. The van der Waals surface area contributed by atoms with Crippen molar-refractivity contribution in [1.29, 1.82) is 0 Å². The van der Waals surface area contributed by atoms with E-state index >= 15 is 0 Å². The SMILES string of the molecule is CC(C)N(CCCC(=O)O)C(=O)c1cc(Cl)ncc1Cl. The van der Waals surface area contributed by atoms with Crippen molar-refractivity contribution in [2.24, 2.45) is 0 Å². The molecule has 1 amide bonds. The molecule has 0 radical (unpaired) electrons. The van der Waals surface area contributed by atoms with Gasteiger partial charge in [-0.1, -0.05) is 23.2 Å². The molecule has 0 unspecified atom stereocenters. The molecule has 20 heavy (non-hydrogen) atoms. The van der Waals surface area contributed by atoms with Gasteiger partial charge in [0, 0.05) is 25.2 Å². The van der Waals surface area contributed by atoms with Crippen molar-refractivity contribution < 1.29 is 14.7 Å². The number of carboxylic acids is 1. The zero-order valence-corrected chi connectivity index (χ0v) is 12.8. The highest BCUT2D eigenvalue weighted by Gasteiger charge is 2.21. The summed E-state index contributed by atoms with van der Waals surface area (Å²) in [4.78, 5) is 28.3. The van der Waals surface area contributed by atoms with Gasteiger partial charge in [-0.05, 0) is 26.3 Å². The van der Waals surface area contributed by atoms with Gasteiger partial charge in [0.15, 0.2) is 0 Å². The molecule has 0 saturated carbocycles. The van der Waals surface area contributed by atoms with Crippen molar-refractivity contribution in [3.8, 4) is 0 Å². The first-order valence-corrected chi connectivity index (χ1v) is 6.92. The summed E-state index contributed by atoms with van der Waals surface area (Å²) < 4.78 is 0. The van der Waals surface area contributed by atoms with Crippen LogP contribution in [0.4, 0.5) is 0 Å². The molecule has 0 saturated heterocycles. The van der Waals surface area contributed by atoms with E-state index in [1.807, 2.05) is 13.8 Å². The van der Waals surface area contributed by atoms with Crippen LogP contribution in [0.1, 0.15) is 37.0 Å². The number of hydrogen-bond donors (Lipinski definition) is 1. The van der Waals surface area contributed by atoms with Crippen LogP contribution < -0.4 is 0 Å². The minimum absolute atomic E-state index is 0.0152. The topological polar surface area (TPSA) is 70.5 Å². The predicted octanol–water partition coefficient (Wildman–Crippen LogP) is 3.10. The maximum Gasteiger partial charge on any atom is 0.303 e. The quantitative estimate of drug-likeness (QED) is 0.818. The number of aromatic nitrogens is 1. The van der Waals surface area contributed by atoms with Gasteiger partial charge in [-0.2, -0.15) is 0 Å². The summed E-state index contributed by atoms with van der Waals surface area (Å²) in [7, 11) is 0. The molecule has 0 aliphatic rings. The Kier molecular flexibility index (Phi) is 6.23. The second-order valence-electron chi connectivity index (χ2n) is 4.58. The number of nitrogens with zero attached hydrogens (tertiary/aromatic N) is 2. The van der Waals surface area contributed by atoms with Gasteiger partial charge in [0.05, 0.1) is 10.6 Å². The molecule has 7 heteroatoms. The van der Waals surface area contributed by atoms with Gasteiger partial charge in [0.1, 0.15) is 5.15 Å². The molecule has 1 rings (SSSR count). The number of carbonyl (C=O) groups excluding carboxylic acids is 1. The first-order valence-electron chi connectivity index (χ1n) is 6.16. The summed E-state index contributed by atoms with van der Waals surface area (Å²) in [6.45, 7) is 4.06. The Morgan fingerprint density at radius 3 is 2.60 bits per heavy atom. The number of rotatable bonds is 6. The second-order valence-corrected chi connectivity index (χ2v) is 5.37. The Hall–Kier alpha value is -1.33. The lowest BCUT2D eigenvalue weighted by Crippen LogP contribution is -2.38. The van der Waals surface area contributed by atoms with Crippen LogP contribution in [0.5, 0.6) is 0 Å². The monoisotopic (exact) mass is 318 g/mol. The molecular weight excluding hydrogens is 303 g/mol. The fourth-order valence-electron chi connectivity index (χ4n) is 1.73. The molecular formula is C13H16Cl2N2O3. The summed E-state index contributed by atoms with van der Waals surface area (Å²) in [6.07, 6.45) is 1.73. The fraction of sp³-hybridized carbons (Fsp3) is 0.462. The molecule has 0 aliphatic heterocycles. The van der Waals surface area contributed by atoms with Crippen LogP contribution in [-0.4, -0.2) is 39.5 Å². The van der Waals surface area contributed by atoms with Gasteiger partial charge >= 0.3 is 5.97 Å². The van der Waals surface area contributed by atoms with Gasteiger partial charge in [-0.25, -0.2) is 4.98 Å². The van der Waals surface area contributed by atoms with Crippen molar-refractivity contribution in [2.75, 3.05) is 6.54 Å². The van der Waals surface area contributed by atoms with Crippen LogP contribution in [0, 0.1) is 0 Å². The molecule has 0 aromatic carbocycles. The maximum atomic E-state index is 12.4. The number of aliphatic carboxylic acids is 1. The molecule has 1 aromatic heterocycles. The van der Waals surface area contributed by atoms with E-state index in [1.165, 1.54) is 12.3 Å². The molecule has 0 atom stereocenters. The summed E-state index contributed by atoms with van der Waals surface area (Å²) in [5.41, 5.74) is 0.274. The molecule has 0 fully saturated rings. The van der Waals surface area contributed by atoms with Gasteiger partial charge in [0.2, 0.25) is 0 Å². The largest absolute Gasteiger partial charge is 0.481 e. The van der Waals surface area contributed by atoms with Crippen LogP contribution in [0.2, 0.25) is 10.2 Å². The van der Waals surface area contributed by atoms with Gasteiger partial charge < -0.3 is 10.0 Å². The summed E-state index contributed by atoms with van der Waals surface area (Å²) in [5, 5.41) is 9.06. The van der Waals surface area contributed by atoms with Crippen LogP contribution in [0.3, 0.4) is 0 Å². The number of hydrogen-bond acceptors (Lipinski definition) is 3. The van der Waals surface area contributed by atoms with E-state index in [0.717, 1.165) is 0 Å². The molecule has 110 valence electrons. The maximum absolute atomic E-state index is 12.4. The second kappa shape index (κ2) is 7.45. The third kappa shape index (κ3) is 4.65. The Balaban J connectivity index is 2.88. The number of pyridine rings is 1. The van der Waals surface area contributed by atoms with Crippen molar-refractivity contribution >= 4 is 35.1 Å². The smallest absolute Gasteiger partial charge is 0.303 e. The van der Waals surface area contributed by atoms with E-state index in [0.29, 0.717) is 13.0 Å². The molecule has 1 N–H and O–H groups in total. The number of amides is 1. The third-order valence-corrected chi connectivity index (χ3v) is 3.23. The van der Waals surface area contributed by atoms with Gasteiger partial charge in [0.25, 0.3) is 5.91 Å². The van der Waals surface area contributed by atoms with E-state index in [-0.39, 0.29) is 34.1 Å². The Morgan fingerprint density at radius 1 is 1.40 bits per heavy atom. The van der Waals surface area contributed by atoms with Crippen molar-refractivity contribution in [3.05, 3.63) is 28.0 Å². The van der Waals surface area contributed by atoms with E-state index in [1.54, 1.807) is 4.90 Å². The predicted molar refractivity (Wildman–Crippen MR) is 77.3 cm³/mol. The van der Waals surface area contributed by atoms with Gasteiger partial charge in [-0.3, -0.25) is 9.59 Å². The zero-order chi connectivity index (χ0) is 15.3. The molecule has 5 nitrogen and oxygen atoms in total. The van der Waals surface area contributed by atoms with Crippen LogP contribution in [0.15, 0.2) is 12.3 Å². The van der Waals surface area contributed by atoms with E-state index in [4.69, 9.17) is 28.3 Å². The summed E-state index contributed by atoms with van der Waals surface area (Å²) >= 11 is 11.7. The van der Waals surface area contributed by atoms with Crippen molar-refractivity contribution in [2.45, 2.75) is 32.7 Å². The first kappa shape index (κ1) is 16.7. The lowest BCUT2D eigenvalue weighted by Gasteiger charge is -2.27. The van der Waals surface area contributed by atoms with E-state index in [2.05, 4.69) is 4.98 Å². The summed E-state index contributed by atoms with van der Waals surface area (Å²) in [5.74, 6) is -1.16. The normalized spacial score (nSPS) is 10.7. The van der Waals surface area contributed by atoms with E-state index in [9.17, 15) is 9.59 Å². The van der Waals surface area contributed by atoms with Gasteiger partial charge in [-0.15, -0.1) is 0 Å². The van der Waals surface area contributed by atoms with Crippen LogP contribution in [0.25, 0.3) is 0 Å². The van der Waals surface area contributed by atoms with Crippen LogP contribution >= 0.6 is 23.2 Å². The highest BCUT2D eigenvalue weighted by Crippen LogP contribution is 2.21. The molecule has 0 bridgehead atoms. The lowest BCUT2D eigenvalue weighted by molar-refractivity contribution is -0.137. The first-order chi connectivity index (χ1) is 9.32. The van der Waals surface area contributed by atoms with Crippen molar-refractivity contribution in [3.63, 3.8) is 0 Å². The molecule has 0 spiro atoms. The Morgan fingerprint density at radius 2 is 2.05 bits per heavy atom. The Labute approximate surface area is 127 Å². The molecule has 0 aliphatic carbocycles. The fourth-order valence-corrected chi connectivity index (χ4v) is 2.07. The highest BCUT2D eigenvalue weighted by molar-refractivity contribution is 6.35. The third-order valence-electron chi connectivity index (χ3n) is 2.73. The molecule has 1 heterocycles. The van der Waals surface area contributed by atoms with Crippen LogP contribution in [-0.2, 0) is 4.79 Å². The minimum Gasteiger partial charge on any atom is -0.481 e. The summed E-state index contributed by atoms with van der Waals surface area (Å²) in [6, 6.07) is 1.35.